The van der Waals surface area contributed by atoms with Crippen molar-refractivity contribution in [2.45, 2.75) is 12.3 Å². The summed E-state index contributed by atoms with van der Waals surface area (Å²) in [6, 6.07) is 1.11. The summed E-state index contributed by atoms with van der Waals surface area (Å²) < 4.78 is 42.1. The quantitative estimate of drug-likeness (QED) is 0.895. The molecular formula is C10H8ClF3O4. The van der Waals surface area contributed by atoms with Crippen LogP contribution in [-0.2, 0) is 11.0 Å². The van der Waals surface area contributed by atoms with Crippen LogP contribution in [0.15, 0.2) is 12.1 Å². The van der Waals surface area contributed by atoms with E-state index in [0.29, 0.717) is 12.1 Å². The molecule has 0 amide bonds. The van der Waals surface area contributed by atoms with Gasteiger partial charge >= 0.3 is 12.1 Å². The van der Waals surface area contributed by atoms with E-state index in [1.165, 1.54) is 0 Å². The molecule has 0 aliphatic carbocycles. The van der Waals surface area contributed by atoms with Crippen LogP contribution in [0.2, 0.25) is 5.02 Å². The van der Waals surface area contributed by atoms with Crippen LogP contribution in [0.25, 0.3) is 0 Å². The summed E-state index contributed by atoms with van der Waals surface area (Å²) in [5, 5.41) is 17.4. The molecule has 0 aliphatic heterocycles. The van der Waals surface area contributed by atoms with E-state index in [1.807, 2.05) is 0 Å². The molecule has 1 aromatic carbocycles. The third-order valence-corrected chi connectivity index (χ3v) is 2.46. The van der Waals surface area contributed by atoms with E-state index < -0.39 is 40.1 Å². The van der Waals surface area contributed by atoms with Gasteiger partial charge in [0.1, 0.15) is 5.75 Å². The van der Waals surface area contributed by atoms with E-state index in [2.05, 4.69) is 4.74 Å². The number of rotatable bonds is 3. The maximum Gasteiger partial charge on any atom is 0.416 e. The second kappa shape index (κ2) is 5.03. The molecule has 8 heteroatoms. The predicted molar refractivity (Wildman–Crippen MR) is 55.6 cm³/mol. The van der Waals surface area contributed by atoms with Crippen LogP contribution in [0.3, 0.4) is 0 Å². The molecule has 0 saturated carbocycles. The zero-order chi connectivity index (χ0) is 14.1. The fourth-order valence-electron chi connectivity index (χ4n) is 1.31. The van der Waals surface area contributed by atoms with Crippen molar-refractivity contribution in [2.24, 2.45) is 0 Å². The minimum atomic E-state index is -4.65. The number of carboxylic acid groups (broad SMARTS) is 1. The highest BCUT2D eigenvalue weighted by Crippen LogP contribution is 2.39. The molecule has 1 aromatic rings. The van der Waals surface area contributed by atoms with Crippen LogP contribution < -0.4 is 4.74 Å². The molecular weight excluding hydrogens is 277 g/mol. The van der Waals surface area contributed by atoms with Gasteiger partial charge in [0.05, 0.1) is 23.3 Å². The Labute approximate surface area is 105 Å². The van der Waals surface area contributed by atoms with Crippen LogP contribution in [-0.4, -0.2) is 23.3 Å². The fourth-order valence-corrected chi connectivity index (χ4v) is 1.63. The van der Waals surface area contributed by atoms with Gasteiger partial charge < -0.3 is 14.9 Å². The standard InChI is InChI=1S/C10H8ClF3O4/c1-18-6-3-4(10(12,13)14)2-5(11)7(6)8(15)9(16)17/h2-3,8,15H,1H3,(H,16,17). The second-order valence-corrected chi connectivity index (χ2v) is 3.72. The van der Waals surface area contributed by atoms with E-state index in [0.717, 1.165) is 7.11 Å². The number of carbonyl (C=O) groups is 1. The number of aliphatic carboxylic acids is 1. The molecule has 0 radical (unpaired) electrons. The van der Waals surface area contributed by atoms with Crippen molar-refractivity contribution in [3.8, 4) is 5.75 Å². The van der Waals surface area contributed by atoms with Gasteiger partial charge in [-0.3, -0.25) is 0 Å². The summed E-state index contributed by atoms with van der Waals surface area (Å²) in [5.74, 6) is -2.08. The van der Waals surface area contributed by atoms with Crippen molar-refractivity contribution in [3.05, 3.63) is 28.3 Å². The zero-order valence-corrected chi connectivity index (χ0v) is 9.71. The first-order chi connectivity index (χ1) is 8.18. The minimum absolute atomic E-state index is 0.417. The van der Waals surface area contributed by atoms with Crippen molar-refractivity contribution in [1.29, 1.82) is 0 Å². The Bertz CT molecular complexity index is 473. The lowest BCUT2D eigenvalue weighted by atomic mass is 10.0. The summed E-state index contributed by atoms with van der Waals surface area (Å²) in [6.07, 6.45) is -6.71. The lowest BCUT2D eigenvalue weighted by Crippen LogP contribution is -2.14. The first-order valence-electron chi connectivity index (χ1n) is 4.54. The van der Waals surface area contributed by atoms with Crippen molar-refractivity contribution >= 4 is 17.6 Å². The van der Waals surface area contributed by atoms with Crippen LogP contribution >= 0.6 is 11.6 Å². The number of carboxylic acids is 1. The molecule has 4 nitrogen and oxygen atoms in total. The van der Waals surface area contributed by atoms with Gasteiger partial charge in [0.2, 0.25) is 0 Å². The van der Waals surface area contributed by atoms with Gasteiger partial charge in [-0.25, -0.2) is 4.79 Å². The molecule has 1 atom stereocenters. The third kappa shape index (κ3) is 2.85. The topological polar surface area (TPSA) is 66.8 Å². The molecule has 0 heterocycles. The molecule has 18 heavy (non-hydrogen) atoms. The average Bonchev–Trinajstić information content (AvgIpc) is 2.25. The first kappa shape index (κ1) is 14.6. The fraction of sp³-hybridized carbons (Fsp3) is 0.300. The van der Waals surface area contributed by atoms with Crippen molar-refractivity contribution in [2.75, 3.05) is 7.11 Å². The Morgan fingerprint density at radius 3 is 2.39 bits per heavy atom. The summed E-state index contributed by atoms with van der Waals surface area (Å²) in [5.41, 5.74) is -1.51. The molecule has 1 rings (SSSR count). The summed E-state index contributed by atoms with van der Waals surface area (Å²) >= 11 is 5.55. The number of aliphatic hydroxyl groups is 1. The van der Waals surface area contributed by atoms with Crippen molar-refractivity contribution in [3.63, 3.8) is 0 Å². The Kier molecular flexibility index (Phi) is 4.08. The summed E-state index contributed by atoms with van der Waals surface area (Å²) in [4.78, 5) is 10.6. The molecule has 100 valence electrons. The lowest BCUT2D eigenvalue weighted by molar-refractivity contribution is -0.147. The Hall–Kier alpha value is -1.47. The summed E-state index contributed by atoms with van der Waals surface area (Å²) in [7, 11) is 1.05. The first-order valence-corrected chi connectivity index (χ1v) is 4.91. The highest BCUT2D eigenvalue weighted by molar-refractivity contribution is 6.32. The van der Waals surface area contributed by atoms with Crippen LogP contribution in [0.5, 0.6) is 5.75 Å². The van der Waals surface area contributed by atoms with Gasteiger partial charge in [0.15, 0.2) is 6.10 Å². The largest absolute Gasteiger partial charge is 0.496 e. The van der Waals surface area contributed by atoms with Crippen molar-refractivity contribution in [1.82, 2.24) is 0 Å². The third-order valence-electron chi connectivity index (χ3n) is 2.15. The normalized spacial score (nSPS) is 13.2. The van der Waals surface area contributed by atoms with Crippen LogP contribution in [0.1, 0.15) is 17.2 Å². The molecule has 0 bridgehead atoms. The zero-order valence-electron chi connectivity index (χ0n) is 8.95. The lowest BCUT2D eigenvalue weighted by Gasteiger charge is -2.16. The number of hydrogen-bond acceptors (Lipinski definition) is 3. The highest BCUT2D eigenvalue weighted by atomic mass is 35.5. The molecule has 0 spiro atoms. The Morgan fingerprint density at radius 2 is 2.00 bits per heavy atom. The monoisotopic (exact) mass is 284 g/mol. The average molecular weight is 285 g/mol. The number of alkyl halides is 3. The van der Waals surface area contributed by atoms with Crippen molar-refractivity contribution < 1.29 is 32.9 Å². The van der Waals surface area contributed by atoms with E-state index in [-0.39, 0.29) is 0 Å². The van der Waals surface area contributed by atoms with Gasteiger partial charge in [-0.15, -0.1) is 0 Å². The molecule has 1 unspecified atom stereocenters. The number of ether oxygens (including phenoxy) is 1. The van der Waals surface area contributed by atoms with Gasteiger partial charge in [0.25, 0.3) is 0 Å². The van der Waals surface area contributed by atoms with Crippen LogP contribution in [0, 0.1) is 0 Å². The predicted octanol–water partition coefficient (Wildman–Crippen LogP) is 2.49. The molecule has 0 saturated heterocycles. The SMILES string of the molecule is COc1cc(C(F)(F)F)cc(Cl)c1C(O)C(=O)O. The second-order valence-electron chi connectivity index (χ2n) is 3.31. The number of methoxy groups -OCH3 is 1. The molecule has 0 fully saturated rings. The number of hydrogen-bond donors (Lipinski definition) is 2. The van der Waals surface area contributed by atoms with E-state index in [1.54, 1.807) is 0 Å². The number of aliphatic hydroxyl groups excluding tert-OH is 1. The smallest absolute Gasteiger partial charge is 0.416 e. The van der Waals surface area contributed by atoms with Gasteiger partial charge in [-0.2, -0.15) is 13.2 Å². The van der Waals surface area contributed by atoms with E-state index in [4.69, 9.17) is 16.7 Å². The van der Waals surface area contributed by atoms with Gasteiger partial charge in [0, 0.05) is 0 Å². The molecule has 0 aliphatic rings. The Morgan fingerprint density at radius 1 is 1.44 bits per heavy atom. The number of halogens is 4. The maximum absolute atomic E-state index is 12.5. The van der Waals surface area contributed by atoms with Crippen LogP contribution in [0.4, 0.5) is 13.2 Å². The molecule has 0 aromatic heterocycles. The number of benzene rings is 1. The van der Waals surface area contributed by atoms with Gasteiger partial charge in [-0.1, -0.05) is 11.6 Å². The highest BCUT2D eigenvalue weighted by Gasteiger charge is 2.34. The van der Waals surface area contributed by atoms with E-state index in [9.17, 15) is 23.1 Å². The Balaban J connectivity index is 3.42. The van der Waals surface area contributed by atoms with E-state index >= 15 is 0 Å². The van der Waals surface area contributed by atoms with Gasteiger partial charge in [-0.05, 0) is 12.1 Å². The minimum Gasteiger partial charge on any atom is -0.496 e. The summed E-state index contributed by atoms with van der Waals surface area (Å²) in [6.45, 7) is 0. The maximum atomic E-state index is 12.5. The molecule has 2 N–H and O–H groups in total.